The van der Waals surface area contributed by atoms with Crippen LogP contribution in [0, 0.1) is 0 Å². The van der Waals surface area contributed by atoms with Gasteiger partial charge in [-0.05, 0) is 59.8 Å². The fourth-order valence-corrected chi connectivity index (χ4v) is 2.57. The van der Waals surface area contributed by atoms with Crippen LogP contribution in [-0.2, 0) is 4.79 Å². The quantitative estimate of drug-likeness (QED) is 0.657. The molecule has 1 aliphatic rings. The summed E-state index contributed by atoms with van der Waals surface area (Å²) in [5, 5.41) is 8.56. The maximum atomic E-state index is 10.4. The summed E-state index contributed by atoms with van der Waals surface area (Å²) >= 11 is 0. The van der Waals surface area contributed by atoms with Gasteiger partial charge in [0.1, 0.15) is 0 Å². The molecule has 0 unspecified atom stereocenters. The molecule has 0 aromatic heterocycles. The number of aliphatic carboxylic acids is 1. The molecule has 0 spiro atoms. The van der Waals surface area contributed by atoms with Crippen LogP contribution in [0.1, 0.15) is 38.5 Å². The molecule has 0 heterocycles. The molecule has 17 heavy (non-hydrogen) atoms. The predicted octanol–water partition coefficient (Wildman–Crippen LogP) is 1.66. The Kier molecular flexibility index (Phi) is 5.40. The third-order valence-electron chi connectivity index (χ3n) is 3.98. The van der Waals surface area contributed by atoms with E-state index in [0.717, 1.165) is 25.9 Å². The number of nitrogens with zero attached hydrogens (tertiary/aromatic N) is 2. The van der Waals surface area contributed by atoms with Crippen LogP contribution < -0.4 is 0 Å². The molecule has 0 aromatic rings. The van der Waals surface area contributed by atoms with Crippen molar-refractivity contribution in [2.75, 3.05) is 34.2 Å². The zero-order chi connectivity index (χ0) is 12.9. The van der Waals surface area contributed by atoms with Crippen LogP contribution in [0.15, 0.2) is 0 Å². The number of carboxylic acid groups (broad SMARTS) is 1. The average Bonchev–Trinajstić information content (AvgIpc) is 2.17. The minimum atomic E-state index is -0.684. The second-order valence-corrected chi connectivity index (χ2v) is 5.56. The van der Waals surface area contributed by atoms with Gasteiger partial charge in [0.2, 0.25) is 0 Å². The number of hydrogen-bond acceptors (Lipinski definition) is 3. The lowest BCUT2D eigenvalue weighted by atomic mass is 9.75. The van der Waals surface area contributed by atoms with Crippen LogP contribution in [0.5, 0.6) is 0 Å². The van der Waals surface area contributed by atoms with Gasteiger partial charge >= 0.3 is 5.97 Å². The summed E-state index contributed by atoms with van der Waals surface area (Å²) in [5.74, 6) is -0.684. The van der Waals surface area contributed by atoms with Crippen molar-refractivity contribution in [3.63, 3.8) is 0 Å². The minimum absolute atomic E-state index is 0.298. The van der Waals surface area contributed by atoms with Crippen molar-refractivity contribution >= 4 is 5.97 Å². The maximum absolute atomic E-state index is 10.4. The third kappa shape index (κ3) is 4.28. The summed E-state index contributed by atoms with van der Waals surface area (Å²) < 4.78 is 0. The van der Waals surface area contributed by atoms with E-state index in [1.807, 2.05) is 0 Å². The first-order chi connectivity index (χ1) is 7.96. The molecule has 0 amide bonds. The molecule has 1 rings (SSSR count). The number of carbonyl (C=O) groups is 1. The van der Waals surface area contributed by atoms with Crippen molar-refractivity contribution in [3.05, 3.63) is 0 Å². The molecule has 0 atom stereocenters. The number of hydrogen-bond donors (Lipinski definition) is 1. The highest BCUT2D eigenvalue weighted by atomic mass is 16.4. The SMILES string of the molecule is CN(CCCCC(=O)O)CC1(N(C)C)CCC1. The molecule has 0 bridgehead atoms. The number of likely N-dealkylation sites (N-methyl/N-ethyl adjacent to an activating group) is 2. The average molecular weight is 242 g/mol. The van der Waals surface area contributed by atoms with E-state index < -0.39 is 5.97 Å². The molecule has 4 nitrogen and oxygen atoms in total. The third-order valence-corrected chi connectivity index (χ3v) is 3.98. The Balaban J connectivity index is 2.20. The van der Waals surface area contributed by atoms with Gasteiger partial charge in [-0.2, -0.15) is 0 Å². The van der Waals surface area contributed by atoms with Crippen LogP contribution in [0.3, 0.4) is 0 Å². The van der Waals surface area contributed by atoms with Gasteiger partial charge in [-0.3, -0.25) is 4.79 Å². The molecule has 4 heteroatoms. The van der Waals surface area contributed by atoms with Gasteiger partial charge in [0.25, 0.3) is 0 Å². The van der Waals surface area contributed by atoms with E-state index >= 15 is 0 Å². The second-order valence-electron chi connectivity index (χ2n) is 5.56. The lowest BCUT2D eigenvalue weighted by Gasteiger charge is -2.49. The minimum Gasteiger partial charge on any atom is -0.481 e. The number of rotatable bonds is 8. The van der Waals surface area contributed by atoms with Crippen LogP contribution in [0.25, 0.3) is 0 Å². The van der Waals surface area contributed by atoms with Crippen molar-refractivity contribution in [1.82, 2.24) is 9.80 Å². The van der Waals surface area contributed by atoms with Gasteiger partial charge in [-0.25, -0.2) is 0 Å². The van der Waals surface area contributed by atoms with E-state index in [0.29, 0.717) is 12.0 Å². The lowest BCUT2D eigenvalue weighted by molar-refractivity contribution is -0.137. The zero-order valence-electron chi connectivity index (χ0n) is 11.4. The predicted molar refractivity (Wildman–Crippen MR) is 69.3 cm³/mol. The van der Waals surface area contributed by atoms with E-state index in [2.05, 4.69) is 30.9 Å². The molecule has 1 N–H and O–H groups in total. The Labute approximate surface area is 105 Å². The monoisotopic (exact) mass is 242 g/mol. The molecule has 0 saturated heterocycles. The van der Waals surface area contributed by atoms with E-state index in [9.17, 15) is 4.79 Å². The highest BCUT2D eigenvalue weighted by molar-refractivity contribution is 5.66. The van der Waals surface area contributed by atoms with Crippen molar-refractivity contribution in [2.45, 2.75) is 44.1 Å². The Bertz CT molecular complexity index is 250. The summed E-state index contributed by atoms with van der Waals surface area (Å²) in [4.78, 5) is 15.1. The first kappa shape index (κ1) is 14.5. The van der Waals surface area contributed by atoms with Gasteiger partial charge in [0, 0.05) is 18.5 Å². The first-order valence-corrected chi connectivity index (χ1v) is 6.54. The Hall–Kier alpha value is -0.610. The largest absolute Gasteiger partial charge is 0.481 e. The summed E-state index contributed by atoms with van der Waals surface area (Å²) in [5.41, 5.74) is 0.377. The van der Waals surface area contributed by atoms with E-state index in [-0.39, 0.29) is 0 Å². The summed E-state index contributed by atoms with van der Waals surface area (Å²) in [6.45, 7) is 2.11. The van der Waals surface area contributed by atoms with E-state index in [1.165, 1.54) is 19.3 Å². The Morgan fingerprint density at radius 1 is 1.24 bits per heavy atom. The maximum Gasteiger partial charge on any atom is 0.303 e. The molecular formula is C13H26N2O2. The van der Waals surface area contributed by atoms with Crippen molar-refractivity contribution < 1.29 is 9.90 Å². The Morgan fingerprint density at radius 2 is 1.88 bits per heavy atom. The molecule has 0 aromatic carbocycles. The van der Waals surface area contributed by atoms with Crippen molar-refractivity contribution in [1.29, 1.82) is 0 Å². The second kappa shape index (κ2) is 6.36. The van der Waals surface area contributed by atoms with Crippen LogP contribution in [0.4, 0.5) is 0 Å². The molecule has 1 saturated carbocycles. The van der Waals surface area contributed by atoms with Gasteiger partial charge in [0.05, 0.1) is 0 Å². The highest BCUT2D eigenvalue weighted by Gasteiger charge is 2.39. The molecule has 100 valence electrons. The summed E-state index contributed by atoms with van der Waals surface area (Å²) in [7, 11) is 6.47. The normalized spacial score (nSPS) is 18.4. The van der Waals surface area contributed by atoms with Gasteiger partial charge < -0.3 is 14.9 Å². The zero-order valence-corrected chi connectivity index (χ0v) is 11.4. The van der Waals surface area contributed by atoms with Crippen molar-refractivity contribution in [2.24, 2.45) is 0 Å². The summed E-state index contributed by atoms with van der Waals surface area (Å²) in [6, 6.07) is 0. The first-order valence-electron chi connectivity index (χ1n) is 6.54. The van der Waals surface area contributed by atoms with Crippen LogP contribution in [-0.4, -0.2) is 60.6 Å². The lowest BCUT2D eigenvalue weighted by Crippen LogP contribution is -2.56. The molecule has 0 radical (unpaired) electrons. The molecule has 1 fully saturated rings. The topological polar surface area (TPSA) is 43.8 Å². The van der Waals surface area contributed by atoms with Crippen LogP contribution >= 0.6 is 0 Å². The van der Waals surface area contributed by atoms with Gasteiger partial charge in [-0.1, -0.05) is 0 Å². The Morgan fingerprint density at radius 3 is 2.29 bits per heavy atom. The smallest absolute Gasteiger partial charge is 0.303 e. The van der Waals surface area contributed by atoms with E-state index in [4.69, 9.17) is 5.11 Å². The fourth-order valence-electron chi connectivity index (χ4n) is 2.57. The molecule has 1 aliphatic carbocycles. The number of unbranched alkanes of at least 4 members (excludes halogenated alkanes) is 1. The van der Waals surface area contributed by atoms with E-state index in [1.54, 1.807) is 0 Å². The highest BCUT2D eigenvalue weighted by Crippen LogP contribution is 2.36. The van der Waals surface area contributed by atoms with Gasteiger partial charge in [0.15, 0.2) is 0 Å². The van der Waals surface area contributed by atoms with Gasteiger partial charge in [-0.15, -0.1) is 0 Å². The van der Waals surface area contributed by atoms with Crippen LogP contribution in [0.2, 0.25) is 0 Å². The summed E-state index contributed by atoms with van der Waals surface area (Å²) in [6.07, 6.45) is 5.98. The fraction of sp³-hybridized carbons (Fsp3) is 0.923. The van der Waals surface area contributed by atoms with Crippen molar-refractivity contribution in [3.8, 4) is 0 Å². The molecule has 0 aliphatic heterocycles. The standard InChI is InChI=1S/C13H26N2O2/c1-14(2)13(8-6-9-13)11-15(3)10-5-4-7-12(16)17/h4-11H2,1-3H3,(H,16,17). The number of carboxylic acids is 1. The molecular weight excluding hydrogens is 216 g/mol.